The highest BCUT2D eigenvalue weighted by molar-refractivity contribution is 6.33. The van der Waals surface area contributed by atoms with E-state index >= 15 is 0 Å². The first-order valence-corrected chi connectivity index (χ1v) is 9.09. The van der Waals surface area contributed by atoms with Gasteiger partial charge in [0.25, 0.3) is 5.91 Å². The smallest absolute Gasteiger partial charge is 0.272 e. The fraction of sp³-hybridized carbons (Fsp3) is 0.278. The van der Waals surface area contributed by atoms with Gasteiger partial charge in [-0.15, -0.1) is 0 Å². The largest absolute Gasteiger partial charge is 0.353 e. The van der Waals surface area contributed by atoms with E-state index in [1.807, 2.05) is 18.2 Å². The molecule has 28 heavy (non-hydrogen) atoms. The van der Waals surface area contributed by atoms with Gasteiger partial charge in [0.05, 0.1) is 17.1 Å². The van der Waals surface area contributed by atoms with Gasteiger partial charge >= 0.3 is 0 Å². The van der Waals surface area contributed by atoms with E-state index in [9.17, 15) is 9.59 Å². The Morgan fingerprint density at radius 1 is 1.39 bits per heavy atom. The number of nitrogens with one attached hydrogen (secondary N) is 2. The van der Waals surface area contributed by atoms with Gasteiger partial charge in [-0.25, -0.2) is 0 Å². The van der Waals surface area contributed by atoms with Crippen molar-refractivity contribution in [2.75, 3.05) is 13.1 Å². The summed E-state index contributed by atoms with van der Waals surface area (Å²) in [6, 6.07) is 8.12. The molecule has 2 aromatic heterocycles. The molecule has 2 N–H and O–H groups in total. The van der Waals surface area contributed by atoms with E-state index in [0.29, 0.717) is 41.1 Å². The van der Waals surface area contributed by atoms with Crippen LogP contribution < -0.4 is 5.32 Å². The highest BCUT2D eigenvalue weighted by atomic mass is 35.5. The van der Waals surface area contributed by atoms with Gasteiger partial charge in [0, 0.05) is 18.7 Å². The third-order valence-electron chi connectivity index (χ3n) is 4.49. The normalized spacial score (nSPS) is 16.9. The Morgan fingerprint density at radius 2 is 2.21 bits per heavy atom. The summed E-state index contributed by atoms with van der Waals surface area (Å²) in [5.41, 5.74) is 1.55. The Bertz CT molecular complexity index is 1030. The number of H-pyrrole nitrogens is 1. The molecule has 1 fully saturated rings. The molecule has 0 bridgehead atoms. The van der Waals surface area contributed by atoms with Crippen molar-refractivity contribution >= 4 is 23.4 Å². The Labute approximate surface area is 165 Å². The number of aryl methyl sites for hydroxylation is 1. The fourth-order valence-electron chi connectivity index (χ4n) is 3.14. The van der Waals surface area contributed by atoms with E-state index in [0.717, 1.165) is 0 Å². The minimum absolute atomic E-state index is 0.143. The second-order valence-corrected chi connectivity index (χ2v) is 6.80. The molecule has 9 nitrogen and oxygen atoms in total. The topological polar surface area (TPSA) is 117 Å². The zero-order valence-electron chi connectivity index (χ0n) is 15.0. The molecular weight excluding hydrogens is 384 g/mol. The Hall–Kier alpha value is -3.20. The molecule has 0 saturated carbocycles. The number of piperazine rings is 1. The molecule has 1 aliphatic heterocycles. The van der Waals surface area contributed by atoms with Crippen molar-refractivity contribution in [1.82, 2.24) is 30.6 Å². The van der Waals surface area contributed by atoms with Gasteiger partial charge in [0.15, 0.2) is 5.82 Å². The number of amides is 2. The number of carbonyl (C=O) groups excluding carboxylic acids is 2. The van der Waals surface area contributed by atoms with E-state index in [4.69, 9.17) is 16.1 Å². The maximum absolute atomic E-state index is 13.1. The number of aromatic nitrogens is 4. The maximum atomic E-state index is 13.1. The quantitative estimate of drug-likeness (QED) is 0.687. The van der Waals surface area contributed by atoms with Crippen LogP contribution in [-0.2, 0) is 11.2 Å². The summed E-state index contributed by atoms with van der Waals surface area (Å²) in [6.07, 6.45) is 0.143. The first-order chi connectivity index (χ1) is 13.5. The predicted molar refractivity (Wildman–Crippen MR) is 99.6 cm³/mol. The molecule has 3 heterocycles. The third kappa shape index (κ3) is 3.48. The number of aromatic amines is 1. The molecular formula is C18H17ClN6O3. The van der Waals surface area contributed by atoms with E-state index in [1.54, 1.807) is 19.1 Å². The molecule has 1 unspecified atom stereocenters. The van der Waals surface area contributed by atoms with Gasteiger partial charge in [0.2, 0.25) is 11.8 Å². The number of rotatable bonds is 4. The molecule has 4 rings (SSSR count). The third-order valence-corrected chi connectivity index (χ3v) is 4.82. The summed E-state index contributed by atoms with van der Waals surface area (Å²) >= 11 is 6.21. The number of nitrogens with zero attached hydrogens (tertiary/aromatic N) is 4. The van der Waals surface area contributed by atoms with Gasteiger partial charge in [-0.2, -0.15) is 10.1 Å². The highest BCUT2D eigenvalue weighted by Crippen LogP contribution is 2.26. The summed E-state index contributed by atoms with van der Waals surface area (Å²) in [6.45, 7) is 2.43. The Morgan fingerprint density at radius 3 is 2.96 bits per heavy atom. The lowest BCUT2D eigenvalue weighted by molar-refractivity contribution is -0.128. The molecule has 0 radical (unpaired) electrons. The van der Waals surface area contributed by atoms with Gasteiger partial charge in [-0.3, -0.25) is 14.7 Å². The van der Waals surface area contributed by atoms with E-state index in [-0.39, 0.29) is 23.9 Å². The van der Waals surface area contributed by atoms with E-state index in [1.165, 1.54) is 4.90 Å². The molecule has 144 valence electrons. The molecule has 0 aliphatic carbocycles. The van der Waals surface area contributed by atoms with Crippen molar-refractivity contribution in [1.29, 1.82) is 0 Å². The number of carbonyl (C=O) groups is 2. The minimum atomic E-state index is -0.742. The molecule has 3 aromatic rings. The van der Waals surface area contributed by atoms with Crippen molar-refractivity contribution in [3.63, 3.8) is 0 Å². The summed E-state index contributed by atoms with van der Waals surface area (Å²) in [5.74, 6) is 0.184. The van der Waals surface area contributed by atoms with Crippen LogP contribution in [0.2, 0.25) is 5.02 Å². The zero-order valence-corrected chi connectivity index (χ0v) is 15.7. The predicted octanol–water partition coefficient (Wildman–Crippen LogP) is 1.60. The summed E-state index contributed by atoms with van der Waals surface area (Å²) in [5, 5.41) is 14.0. The van der Waals surface area contributed by atoms with Crippen LogP contribution in [0.3, 0.4) is 0 Å². The molecule has 0 spiro atoms. The van der Waals surface area contributed by atoms with Crippen LogP contribution in [0.4, 0.5) is 0 Å². The monoisotopic (exact) mass is 400 g/mol. The highest BCUT2D eigenvalue weighted by Gasteiger charge is 2.35. The van der Waals surface area contributed by atoms with Crippen LogP contribution in [0.5, 0.6) is 0 Å². The number of benzene rings is 1. The lowest BCUT2D eigenvalue weighted by Crippen LogP contribution is -2.58. The second kappa shape index (κ2) is 7.43. The summed E-state index contributed by atoms with van der Waals surface area (Å²) in [4.78, 5) is 31.1. The fourth-order valence-corrected chi connectivity index (χ4v) is 3.37. The van der Waals surface area contributed by atoms with Crippen molar-refractivity contribution in [3.05, 3.63) is 52.8 Å². The van der Waals surface area contributed by atoms with Crippen molar-refractivity contribution in [3.8, 4) is 11.3 Å². The van der Waals surface area contributed by atoms with Gasteiger partial charge < -0.3 is 14.7 Å². The van der Waals surface area contributed by atoms with Crippen LogP contribution in [0, 0.1) is 6.92 Å². The molecule has 10 heteroatoms. The number of hydrogen-bond donors (Lipinski definition) is 2. The van der Waals surface area contributed by atoms with Gasteiger partial charge in [-0.05, 0) is 19.1 Å². The number of hydrogen-bond acceptors (Lipinski definition) is 6. The first-order valence-electron chi connectivity index (χ1n) is 8.71. The molecule has 2 amide bonds. The Balaban J connectivity index is 1.58. The van der Waals surface area contributed by atoms with Crippen LogP contribution in [0.1, 0.15) is 22.2 Å². The van der Waals surface area contributed by atoms with E-state index < -0.39 is 6.04 Å². The molecule has 1 saturated heterocycles. The average Bonchev–Trinajstić information content (AvgIpc) is 3.32. The lowest BCUT2D eigenvalue weighted by atomic mass is 10.1. The second-order valence-electron chi connectivity index (χ2n) is 6.39. The summed E-state index contributed by atoms with van der Waals surface area (Å²) in [7, 11) is 0. The number of halogens is 1. The zero-order chi connectivity index (χ0) is 19.7. The van der Waals surface area contributed by atoms with E-state index in [2.05, 4.69) is 25.7 Å². The van der Waals surface area contributed by atoms with Crippen molar-refractivity contribution < 1.29 is 14.1 Å². The van der Waals surface area contributed by atoms with Gasteiger partial charge in [0.1, 0.15) is 11.7 Å². The standard InChI is InChI=1S/C18H17ClN6O3/c1-10-21-16(28-24-10)9-15-17(26)20-6-7-25(15)18(27)14-8-13(22-23-14)11-4-2-3-5-12(11)19/h2-5,8,15H,6-7,9H2,1H3,(H,20,26)(H,22,23). The SMILES string of the molecule is Cc1noc(CC2C(=O)NCCN2C(=O)c2cc(-c3ccccc3Cl)n[nH]2)n1. The van der Waals surface area contributed by atoms with Crippen LogP contribution in [-0.4, -0.2) is 56.2 Å². The molecule has 1 aliphatic rings. The van der Waals surface area contributed by atoms with Crippen molar-refractivity contribution in [2.45, 2.75) is 19.4 Å². The average molecular weight is 401 g/mol. The minimum Gasteiger partial charge on any atom is -0.353 e. The van der Waals surface area contributed by atoms with Crippen LogP contribution in [0.15, 0.2) is 34.9 Å². The first kappa shape index (κ1) is 18.2. The maximum Gasteiger partial charge on any atom is 0.272 e. The Kier molecular flexibility index (Phi) is 4.82. The van der Waals surface area contributed by atoms with Crippen LogP contribution in [0.25, 0.3) is 11.3 Å². The molecule has 1 atom stereocenters. The van der Waals surface area contributed by atoms with Gasteiger partial charge in [-0.1, -0.05) is 35.0 Å². The van der Waals surface area contributed by atoms with Crippen molar-refractivity contribution in [2.24, 2.45) is 0 Å². The van der Waals surface area contributed by atoms with Crippen LogP contribution >= 0.6 is 11.6 Å². The molecule has 1 aromatic carbocycles. The lowest BCUT2D eigenvalue weighted by Gasteiger charge is -2.34. The summed E-state index contributed by atoms with van der Waals surface area (Å²) < 4.78 is 5.11.